The molecule has 0 aromatic carbocycles. The predicted octanol–water partition coefficient (Wildman–Crippen LogP) is 3.79. The molecule has 0 saturated carbocycles. The molecule has 4 nitrogen and oxygen atoms in total. The van der Waals surface area contributed by atoms with E-state index in [0.29, 0.717) is 6.54 Å². The molecule has 0 aliphatic heterocycles. The third-order valence-corrected chi connectivity index (χ3v) is 8.27. The SMILES string of the molecule is CN(CCCCCO[Si](C)(C)C(C)(C)C)C(=O)O. The summed E-state index contributed by atoms with van der Waals surface area (Å²) >= 11 is 0. The monoisotopic (exact) mass is 275 g/mol. The number of unbranched alkanes of at least 4 members (excludes halogenated alkanes) is 2. The number of hydrogen-bond acceptors (Lipinski definition) is 2. The van der Waals surface area contributed by atoms with Crippen LogP contribution in [0.2, 0.25) is 18.1 Å². The number of amides is 1. The van der Waals surface area contributed by atoms with Crippen molar-refractivity contribution in [3.05, 3.63) is 0 Å². The Bertz CT molecular complexity index is 261. The van der Waals surface area contributed by atoms with Gasteiger partial charge in [0, 0.05) is 20.2 Å². The van der Waals surface area contributed by atoms with Gasteiger partial charge in [-0.25, -0.2) is 4.79 Å². The van der Waals surface area contributed by atoms with Crippen LogP contribution in [-0.4, -0.2) is 44.6 Å². The van der Waals surface area contributed by atoms with Gasteiger partial charge < -0.3 is 14.4 Å². The predicted molar refractivity (Wildman–Crippen MR) is 77.7 cm³/mol. The fraction of sp³-hybridized carbons (Fsp3) is 0.923. The lowest BCUT2D eigenvalue weighted by atomic mass is 10.2. The summed E-state index contributed by atoms with van der Waals surface area (Å²) in [5.41, 5.74) is 0. The molecule has 0 saturated heterocycles. The van der Waals surface area contributed by atoms with Gasteiger partial charge in [0.15, 0.2) is 8.32 Å². The van der Waals surface area contributed by atoms with E-state index >= 15 is 0 Å². The van der Waals surface area contributed by atoms with Crippen LogP contribution in [0.4, 0.5) is 4.79 Å². The molecule has 0 atom stereocenters. The second kappa shape index (κ2) is 7.14. The van der Waals surface area contributed by atoms with Gasteiger partial charge in [0.25, 0.3) is 0 Å². The lowest BCUT2D eigenvalue weighted by molar-refractivity contribution is 0.155. The van der Waals surface area contributed by atoms with E-state index in [0.717, 1.165) is 25.9 Å². The maximum atomic E-state index is 10.6. The molecule has 0 aromatic heterocycles. The molecular formula is C13H29NO3Si. The van der Waals surface area contributed by atoms with E-state index in [4.69, 9.17) is 9.53 Å². The fourth-order valence-corrected chi connectivity index (χ4v) is 2.35. The van der Waals surface area contributed by atoms with E-state index in [1.54, 1.807) is 7.05 Å². The lowest BCUT2D eigenvalue weighted by Crippen LogP contribution is -2.40. The summed E-state index contributed by atoms with van der Waals surface area (Å²) < 4.78 is 6.06. The van der Waals surface area contributed by atoms with E-state index in [1.807, 2.05) is 0 Å². The van der Waals surface area contributed by atoms with E-state index in [-0.39, 0.29) is 5.04 Å². The van der Waals surface area contributed by atoms with Gasteiger partial charge in [-0.2, -0.15) is 0 Å². The largest absolute Gasteiger partial charge is 0.465 e. The van der Waals surface area contributed by atoms with Crippen molar-refractivity contribution < 1.29 is 14.3 Å². The summed E-state index contributed by atoms with van der Waals surface area (Å²) in [7, 11) is -0.00370. The Hall–Kier alpha value is -0.553. The average Bonchev–Trinajstić information content (AvgIpc) is 2.20. The Kier molecular flexibility index (Phi) is 6.92. The van der Waals surface area contributed by atoms with Crippen molar-refractivity contribution in [3.63, 3.8) is 0 Å². The molecular weight excluding hydrogens is 246 g/mol. The summed E-state index contributed by atoms with van der Waals surface area (Å²) in [5, 5.41) is 8.95. The molecule has 0 fully saturated rings. The minimum Gasteiger partial charge on any atom is -0.465 e. The standard InChI is InChI=1S/C13H29NO3Si/c1-13(2,3)18(5,6)17-11-9-7-8-10-14(4)12(15)16/h7-11H2,1-6H3,(H,15,16). The molecule has 5 heteroatoms. The molecule has 1 N–H and O–H groups in total. The van der Waals surface area contributed by atoms with Crippen molar-refractivity contribution in [2.45, 2.75) is 58.2 Å². The number of nitrogens with zero attached hydrogens (tertiary/aromatic N) is 1. The molecule has 18 heavy (non-hydrogen) atoms. The van der Waals surface area contributed by atoms with Crippen LogP contribution in [0.3, 0.4) is 0 Å². The first-order valence-corrected chi connectivity index (χ1v) is 9.57. The first-order valence-electron chi connectivity index (χ1n) is 6.66. The molecule has 0 heterocycles. The fourth-order valence-electron chi connectivity index (χ4n) is 1.27. The zero-order chi connectivity index (χ0) is 14.4. The molecule has 0 aliphatic carbocycles. The van der Waals surface area contributed by atoms with Gasteiger partial charge in [0.05, 0.1) is 0 Å². The molecule has 0 spiro atoms. The molecule has 0 bridgehead atoms. The summed E-state index contributed by atoms with van der Waals surface area (Å²) in [4.78, 5) is 11.9. The van der Waals surface area contributed by atoms with Gasteiger partial charge in [-0.3, -0.25) is 0 Å². The van der Waals surface area contributed by atoms with Crippen LogP contribution in [0.25, 0.3) is 0 Å². The van der Waals surface area contributed by atoms with Crippen LogP contribution < -0.4 is 0 Å². The number of hydrogen-bond donors (Lipinski definition) is 1. The maximum Gasteiger partial charge on any atom is 0.407 e. The van der Waals surface area contributed by atoms with E-state index < -0.39 is 14.4 Å². The van der Waals surface area contributed by atoms with Crippen molar-refractivity contribution in [2.75, 3.05) is 20.2 Å². The molecule has 0 unspecified atom stereocenters. The third kappa shape index (κ3) is 6.40. The van der Waals surface area contributed by atoms with Crippen molar-refractivity contribution in [3.8, 4) is 0 Å². The Morgan fingerprint density at radius 1 is 1.22 bits per heavy atom. The van der Waals surface area contributed by atoms with Crippen molar-refractivity contribution >= 4 is 14.4 Å². The highest BCUT2D eigenvalue weighted by atomic mass is 28.4. The van der Waals surface area contributed by atoms with Crippen LogP contribution in [0.1, 0.15) is 40.0 Å². The third-order valence-electron chi connectivity index (χ3n) is 3.73. The summed E-state index contributed by atoms with van der Waals surface area (Å²) in [5.74, 6) is 0. The molecule has 108 valence electrons. The van der Waals surface area contributed by atoms with Gasteiger partial charge in [-0.1, -0.05) is 20.8 Å². The van der Waals surface area contributed by atoms with Gasteiger partial charge in [-0.15, -0.1) is 0 Å². The van der Waals surface area contributed by atoms with Crippen LogP contribution in [0.15, 0.2) is 0 Å². The van der Waals surface area contributed by atoms with Gasteiger partial charge >= 0.3 is 6.09 Å². The second-order valence-electron chi connectivity index (χ2n) is 6.37. The zero-order valence-electron chi connectivity index (χ0n) is 12.7. The van der Waals surface area contributed by atoms with Crippen molar-refractivity contribution in [1.82, 2.24) is 4.90 Å². The molecule has 0 radical (unpaired) electrons. The highest BCUT2D eigenvalue weighted by molar-refractivity contribution is 6.74. The minimum atomic E-state index is -1.61. The maximum absolute atomic E-state index is 10.6. The Balaban J connectivity index is 3.67. The Labute approximate surface area is 112 Å². The quantitative estimate of drug-likeness (QED) is 0.568. The number of carbonyl (C=O) groups is 1. The van der Waals surface area contributed by atoms with Gasteiger partial charge in [0.1, 0.15) is 0 Å². The van der Waals surface area contributed by atoms with Gasteiger partial charge in [0.2, 0.25) is 0 Å². The van der Waals surface area contributed by atoms with E-state index in [2.05, 4.69) is 33.9 Å². The first-order chi connectivity index (χ1) is 8.08. The van der Waals surface area contributed by atoms with Crippen LogP contribution >= 0.6 is 0 Å². The molecule has 0 aromatic rings. The zero-order valence-corrected chi connectivity index (χ0v) is 13.7. The van der Waals surface area contributed by atoms with Gasteiger partial charge in [-0.05, 0) is 37.4 Å². The van der Waals surface area contributed by atoms with Crippen LogP contribution in [0, 0.1) is 0 Å². The number of rotatable bonds is 7. The van der Waals surface area contributed by atoms with Crippen LogP contribution in [-0.2, 0) is 4.43 Å². The summed E-state index contributed by atoms with van der Waals surface area (Å²) in [6.45, 7) is 12.6. The highest BCUT2D eigenvalue weighted by Crippen LogP contribution is 2.36. The second-order valence-corrected chi connectivity index (χ2v) is 11.2. The molecule has 0 aliphatic rings. The van der Waals surface area contributed by atoms with Crippen LogP contribution in [0.5, 0.6) is 0 Å². The normalized spacial score (nSPS) is 12.6. The first kappa shape index (κ1) is 17.4. The minimum absolute atomic E-state index is 0.260. The van der Waals surface area contributed by atoms with E-state index in [9.17, 15) is 4.79 Å². The summed E-state index contributed by atoms with van der Waals surface area (Å²) in [6.07, 6.45) is 2.09. The average molecular weight is 275 g/mol. The number of carboxylic acid groups (broad SMARTS) is 1. The highest BCUT2D eigenvalue weighted by Gasteiger charge is 2.36. The topological polar surface area (TPSA) is 49.8 Å². The Morgan fingerprint density at radius 2 is 1.78 bits per heavy atom. The Morgan fingerprint density at radius 3 is 2.22 bits per heavy atom. The molecule has 1 amide bonds. The van der Waals surface area contributed by atoms with E-state index in [1.165, 1.54) is 4.90 Å². The summed E-state index contributed by atoms with van der Waals surface area (Å²) in [6, 6.07) is 0. The van der Waals surface area contributed by atoms with Crippen molar-refractivity contribution in [1.29, 1.82) is 0 Å². The molecule has 0 rings (SSSR count). The lowest BCUT2D eigenvalue weighted by Gasteiger charge is -2.36. The van der Waals surface area contributed by atoms with Crippen molar-refractivity contribution in [2.24, 2.45) is 0 Å². The smallest absolute Gasteiger partial charge is 0.407 e.